The van der Waals surface area contributed by atoms with E-state index in [2.05, 4.69) is 48.5 Å². The molecule has 0 bridgehead atoms. The fraction of sp³-hybridized carbons (Fsp3) is 0.0571. The highest BCUT2D eigenvalue weighted by Gasteiger charge is 2.29. The number of nitriles is 2. The highest BCUT2D eigenvalue weighted by molar-refractivity contribution is 7.87. The molecule has 6 heteroatoms. The van der Waals surface area contributed by atoms with Crippen LogP contribution in [0.25, 0.3) is 17.2 Å². The average molecular weight is 551 g/mol. The summed E-state index contributed by atoms with van der Waals surface area (Å²) in [6.07, 6.45) is 3.10. The van der Waals surface area contributed by atoms with Gasteiger partial charge in [0, 0.05) is 33.1 Å². The Bertz CT molecular complexity index is 1700. The Labute approximate surface area is 240 Å². The fourth-order valence-corrected chi connectivity index (χ4v) is 8.35. The fourth-order valence-electron chi connectivity index (χ4n) is 4.86. The van der Waals surface area contributed by atoms with Crippen LogP contribution in [-0.4, -0.2) is 11.6 Å². The van der Waals surface area contributed by atoms with Gasteiger partial charge in [-0.15, -0.1) is 0 Å². The molecule has 5 rings (SSSR count). The van der Waals surface area contributed by atoms with Crippen molar-refractivity contribution >= 4 is 34.9 Å². The minimum Gasteiger partial charge on any atom is -0.477 e. The summed E-state index contributed by atoms with van der Waals surface area (Å²) in [4.78, 5) is 4.89. The molecule has 0 saturated heterocycles. The first kappa shape index (κ1) is 27.4. The van der Waals surface area contributed by atoms with Crippen LogP contribution in [0.15, 0.2) is 132 Å². The molecule has 0 aliphatic rings. The van der Waals surface area contributed by atoms with Crippen LogP contribution in [-0.2, 0) is 0 Å². The van der Waals surface area contributed by atoms with Gasteiger partial charge in [-0.05, 0) is 18.6 Å². The van der Waals surface area contributed by atoms with E-state index in [1.54, 1.807) is 6.08 Å². The summed E-state index contributed by atoms with van der Waals surface area (Å²) in [7, 11) is -2.70. The number of pyridine rings is 1. The van der Waals surface area contributed by atoms with Crippen LogP contribution >= 0.6 is 7.05 Å². The van der Waals surface area contributed by atoms with Gasteiger partial charge in [0.05, 0.1) is 19.7 Å². The number of nitrogens with zero attached hydrogens (tertiary/aromatic N) is 4. The first-order valence-corrected chi connectivity index (χ1v) is 15.0. The minimum atomic E-state index is -2.70. The lowest BCUT2D eigenvalue weighted by atomic mass is 9.95. The maximum absolute atomic E-state index is 10.3. The van der Waals surface area contributed by atoms with Crippen LogP contribution in [0.1, 0.15) is 18.1 Å². The Morgan fingerprint density at radius 2 is 1.24 bits per heavy atom. The summed E-state index contributed by atoms with van der Waals surface area (Å²) in [6.45, 7) is 2.19. The molecule has 0 unspecified atom stereocenters. The highest BCUT2D eigenvalue weighted by Crippen LogP contribution is 2.51. The topological polar surface area (TPSA) is 82.1 Å². The maximum atomic E-state index is 10.3. The van der Waals surface area contributed by atoms with E-state index in [1.165, 1.54) is 6.08 Å². The molecule has 0 N–H and O–H groups in total. The molecule has 5 aromatic rings. The monoisotopic (exact) mass is 550 g/mol. The number of rotatable bonds is 8. The van der Waals surface area contributed by atoms with Gasteiger partial charge in [0.2, 0.25) is 5.88 Å². The van der Waals surface area contributed by atoms with Crippen molar-refractivity contribution in [1.29, 1.82) is 10.5 Å². The van der Waals surface area contributed by atoms with Gasteiger partial charge in [-0.1, -0.05) is 121 Å². The second-order valence-corrected chi connectivity index (χ2v) is 12.0. The summed E-state index contributed by atoms with van der Waals surface area (Å²) >= 11 is 0. The molecule has 1 aromatic heterocycles. The third-order valence-electron chi connectivity index (χ3n) is 6.60. The van der Waals surface area contributed by atoms with E-state index in [0.717, 1.165) is 21.5 Å². The maximum Gasteiger partial charge on any atom is 0.234 e. The predicted octanol–water partition coefficient (Wildman–Crippen LogP) is 7.36. The van der Waals surface area contributed by atoms with E-state index in [0.29, 0.717) is 29.1 Å². The van der Waals surface area contributed by atoms with Crippen molar-refractivity contribution in [2.45, 2.75) is 6.92 Å². The molecular formula is C35H27N4OP. The van der Waals surface area contributed by atoms with Crippen LogP contribution in [0, 0.1) is 22.7 Å². The summed E-state index contributed by atoms with van der Waals surface area (Å²) < 4.78 is 11.6. The quantitative estimate of drug-likeness (QED) is 0.149. The Hall–Kier alpha value is -5.22. The van der Waals surface area contributed by atoms with Crippen molar-refractivity contribution in [3.63, 3.8) is 0 Å². The van der Waals surface area contributed by atoms with Gasteiger partial charge in [0.1, 0.15) is 11.6 Å². The molecular weight excluding hydrogens is 523 g/mol. The van der Waals surface area contributed by atoms with Crippen LogP contribution in [0.2, 0.25) is 0 Å². The largest absolute Gasteiger partial charge is 0.477 e. The molecule has 1 heterocycles. The van der Waals surface area contributed by atoms with Gasteiger partial charge in [0.25, 0.3) is 0 Å². The summed E-state index contributed by atoms with van der Waals surface area (Å²) in [5.41, 5.74) is 2.33. The van der Waals surface area contributed by atoms with E-state index >= 15 is 0 Å². The first-order valence-electron chi connectivity index (χ1n) is 13.2. The van der Waals surface area contributed by atoms with Crippen LogP contribution < -0.4 is 20.7 Å². The van der Waals surface area contributed by atoms with E-state index in [4.69, 9.17) is 14.5 Å². The van der Waals surface area contributed by atoms with Gasteiger partial charge in [-0.2, -0.15) is 15.5 Å². The van der Waals surface area contributed by atoms with Crippen molar-refractivity contribution in [3.8, 4) is 29.1 Å². The molecule has 198 valence electrons. The second-order valence-electron chi connectivity index (χ2n) is 9.02. The lowest BCUT2D eigenvalue weighted by Crippen LogP contribution is -2.25. The van der Waals surface area contributed by atoms with Crippen LogP contribution in [0.3, 0.4) is 0 Å². The van der Waals surface area contributed by atoms with E-state index in [-0.39, 0.29) is 5.88 Å². The van der Waals surface area contributed by atoms with Crippen molar-refractivity contribution in [3.05, 3.63) is 139 Å². The lowest BCUT2D eigenvalue weighted by molar-refractivity contribution is 0.326. The van der Waals surface area contributed by atoms with Gasteiger partial charge in [0.15, 0.2) is 5.82 Å². The van der Waals surface area contributed by atoms with E-state index in [9.17, 15) is 10.5 Å². The molecule has 0 saturated carbocycles. The predicted molar refractivity (Wildman–Crippen MR) is 167 cm³/mol. The molecule has 0 aliphatic carbocycles. The molecule has 0 aliphatic heterocycles. The number of ether oxygens (including phenoxy) is 1. The number of aromatic nitrogens is 1. The molecule has 4 aromatic carbocycles. The Balaban J connectivity index is 2.02. The molecule has 0 fully saturated rings. The molecule has 0 amide bonds. The SMILES string of the molecule is CCOc1nc(N=P(c2ccccc2)(c2ccccc2)c2ccccc2)c(/C=C/C#N)c(-c2ccccc2)c1C#N. The number of allylic oxidation sites excluding steroid dienone is 1. The van der Waals surface area contributed by atoms with Gasteiger partial charge in [-0.25, -0.2) is 4.74 Å². The first-order chi connectivity index (χ1) is 20.2. The average Bonchev–Trinajstić information content (AvgIpc) is 3.04. The lowest BCUT2D eigenvalue weighted by Gasteiger charge is -2.27. The third-order valence-corrected chi connectivity index (χ3v) is 10.2. The van der Waals surface area contributed by atoms with Crippen molar-refractivity contribution in [2.75, 3.05) is 6.61 Å². The Kier molecular flexibility index (Phi) is 8.51. The minimum absolute atomic E-state index is 0.217. The van der Waals surface area contributed by atoms with Gasteiger partial charge in [-0.3, -0.25) is 0 Å². The molecule has 41 heavy (non-hydrogen) atoms. The van der Waals surface area contributed by atoms with Crippen LogP contribution in [0.4, 0.5) is 5.82 Å². The molecule has 0 atom stereocenters. The third kappa shape index (κ3) is 5.45. The van der Waals surface area contributed by atoms with Crippen molar-refractivity contribution < 1.29 is 4.74 Å². The second kappa shape index (κ2) is 12.8. The summed E-state index contributed by atoms with van der Waals surface area (Å²) in [5.74, 6) is 0.622. The van der Waals surface area contributed by atoms with Crippen LogP contribution in [0.5, 0.6) is 5.88 Å². The number of hydrogen-bond donors (Lipinski definition) is 0. The molecule has 0 spiro atoms. The van der Waals surface area contributed by atoms with Gasteiger partial charge >= 0.3 is 0 Å². The highest BCUT2D eigenvalue weighted by atomic mass is 31.2. The molecule has 0 radical (unpaired) electrons. The summed E-state index contributed by atoms with van der Waals surface area (Å²) in [6, 6.07) is 44.8. The number of hydrogen-bond acceptors (Lipinski definition) is 5. The standard InChI is InChI=1S/C35H27N4OP/c1-2-40-35-32(26-37)33(27-16-7-3-8-17-27)31(24-15-25-36)34(38-35)39-41(28-18-9-4-10-19-28,29-20-11-5-12-21-29)30-22-13-6-14-23-30/h3-24H,2H2,1H3/b24-15+. The zero-order valence-electron chi connectivity index (χ0n) is 22.6. The molecule has 5 nitrogen and oxygen atoms in total. The summed E-state index contributed by atoms with van der Waals surface area (Å²) in [5, 5.41) is 23.0. The number of benzene rings is 4. The van der Waals surface area contributed by atoms with Crippen molar-refractivity contribution in [2.24, 2.45) is 4.74 Å². The van der Waals surface area contributed by atoms with Gasteiger partial charge < -0.3 is 4.74 Å². The smallest absolute Gasteiger partial charge is 0.234 e. The van der Waals surface area contributed by atoms with E-state index < -0.39 is 7.05 Å². The zero-order valence-corrected chi connectivity index (χ0v) is 23.4. The Morgan fingerprint density at radius 3 is 1.68 bits per heavy atom. The zero-order chi connectivity index (χ0) is 28.5. The van der Waals surface area contributed by atoms with Crippen molar-refractivity contribution in [1.82, 2.24) is 4.98 Å². The normalized spacial score (nSPS) is 11.0. The Morgan fingerprint density at radius 1 is 0.756 bits per heavy atom. The van der Waals surface area contributed by atoms with E-state index in [1.807, 2.05) is 91.9 Å².